The fourth-order valence-corrected chi connectivity index (χ4v) is 3.34. The maximum atomic E-state index is 5.40. The van der Waals surface area contributed by atoms with Crippen LogP contribution in [0.1, 0.15) is 24.1 Å². The number of hydrogen-bond acceptors (Lipinski definition) is 3. The molecule has 3 aromatic rings. The predicted molar refractivity (Wildman–Crippen MR) is 90.4 cm³/mol. The Balaban J connectivity index is 1.75. The number of aromatic nitrogens is 3. The van der Waals surface area contributed by atoms with Crippen molar-refractivity contribution in [3.05, 3.63) is 41.7 Å². The summed E-state index contributed by atoms with van der Waals surface area (Å²) in [5.74, 6) is 1.60. The highest BCUT2D eigenvalue weighted by molar-refractivity contribution is 9.09. The number of H-pyrrole nitrogens is 1. The summed E-state index contributed by atoms with van der Waals surface area (Å²) in [5, 5.41) is 0. The minimum Gasteiger partial charge on any atom is -0.482 e. The largest absolute Gasteiger partial charge is 0.482 e. The lowest BCUT2D eigenvalue weighted by atomic mass is 9.97. The van der Waals surface area contributed by atoms with Gasteiger partial charge in [-0.1, -0.05) is 0 Å². The van der Waals surface area contributed by atoms with E-state index in [0.717, 1.165) is 41.0 Å². The highest BCUT2D eigenvalue weighted by Crippen LogP contribution is 2.29. The molecule has 22 heavy (non-hydrogen) atoms. The zero-order valence-corrected chi connectivity index (χ0v) is 13.7. The number of hydrogen-bond donors (Lipinski definition) is 1. The Morgan fingerprint density at radius 1 is 1.14 bits per heavy atom. The van der Waals surface area contributed by atoms with Crippen LogP contribution in [0, 0.1) is 0 Å². The van der Waals surface area contributed by atoms with Gasteiger partial charge in [0.1, 0.15) is 11.3 Å². The summed E-state index contributed by atoms with van der Waals surface area (Å²) in [6, 6.07) is 7.88. The molecule has 1 aromatic carbocycles. The van der Waals surface area contributed by atoms with Gasteiger partial charge in [0.25, 0.3) is 0 Å². The second kappa shape index (κ2) is 5.72. The molecule has 0 saturated carbocycles. The zero-order chi connectivity index (χ0) is 14.9. The molecule has 0 amide bonds. The first kappa shape index (κ1) is 13.8. The first-order valence-electron chi connectivity index (χ1n) is 7.51. The second-order valence-corrected chi connectivity index (χ2v) is 5.98. The number of aryl methyl sites for hydroxylation is 2. The Morgan fingerprint density at radius 3 is 2.77 bits per heavy atom. The number of benzene rings is 1. The van der Waals surface area contributed by atoms with Crippen molar-refractivity contribution in [1.29, 1.82) is 0 Å². The third-order valence-corrected chi connectivity index (χ3v) is 4.39. The maximum Gasteiger partial charge on any atom is 0.159 e. The summed E-state index contributed by atoms with van der Waals surface area (Å²) >= 11 is 3.26. The van der Waals surface area contributed by atoms with E-state index < -0.39 is 0 Å². The lowest BCUT2D eigenvalue weighted by Crippen LogP contribution is -2.00. The van der Waals surface area contributed by atoms with E-state index in [9.17, 15) is 0 Å². The topological polar surface area (TPSA) is 50.8 Å². The van der Waals surface area contributed by atoms with Crippen LogP contribution < -0.4 is 4.74 Å². The molecule has 1 aliphatic carbocycles. The number of nitrogens with zero attached hydrogens (tertiary/aromatic N) is 2. The monoisotopic (exact) mass is 357 g/mol. The second-order valence-electron chi connectivity index (χ2n) is 5.52. The van der Waals surface area contributed by atoms with E-state index >= 15 is 0 Å². The van der Waals surface area contributed by atoms with Crippen LogP contribution in [0.2, 0.25) is 0 Å². The van der Waals surface area contributed by atoms with E-state index in [1.807, 2.05) is 30.5 Å². The van der Waals surface area contributed by atoms with Gasteiger partial charge in [0.05, 0.1) is 17.2 Å². The number of halogens is 1. The standard InChI is InChI=1S/C17H16BrN3O/c18-10-22-12-7-5-11(6-8-12)17-19-9-15-16(21-17)13-3-1-2-4-14(13)20-15/h5-9,20H,1-4,10H2. The van der Waals surface area contributed by atoms with Crippen molar-refractivity contribution in [2.75, 3.05) is 5.52 Å². The van der Waals surface area contributed by atoms with Crippen LogP contribution in [0.5, 0.6) is 5.75 Å². The van der Waals surface area contributed by atoms with Gasteiger partial charge in [-0.3, -0.25) is 0 Å². The van der Waals surface area contributed by atoms with E-state index in [1.54, 1.807) is 0 Å². The van der Waals surface area contributed by atoms with Crippen LogP contribution >= 0.6 is 15.9 Å². The highest BCUT2D eigenvalue weighted by atomic mass is 79.9. The van der Waals surface area contributed by atoms with Gasteiger partial charge in [0.2, 0.25) is 0 Å². The van der Waals surface area contributed by atoms with Crippen molar-refractivity contribution >= 4 is 27.0 Å². The molecule has 0 radical (unpaired) electrons. The Hall–Kier alpha value is -1.88. The third-order valence-electron chi connectivity index (χ3n) is 4.16. The molecule has 4 nitrogen and oxygen atoms in total. The molecule has 2 heterocycles. The quantitative estimate of drug-likeness (QED) is 0.713. The van der Waals surface area contributed by atoms with E-state index in [-0.39, 0.29) is 0 Å². The van der Waals surface area contributed by atoms with Gasteiger partial charge in [-0.2, -0.15) is 0 Å². The molecule has 1 aliphatic rings. The molecule has 0 saturated heterocycles. The highest BCUT2D eigenvalue weighted by Gasteiger charge is 2.17. The summed E-state index contributed by atoms with van der Waals surface area (Å²) in [7, 11) is 0. The minimum absolute atomic E-state index is 0.490. The molecule has 0 atom stereocenters. The number of ether oxygens (including phenoxy) is 1. The Kier molecular flexibility index (Phi) is 3.58. The van der Waals surface area contributed by atoms with E-state index in [0.29, 0.717) is 5.52 Å². The molecule has 112 valence electrons. The zero-order valence-electron chi connectivity index (χ0n) is 12.1. The normalized spacial score (nSPS) is 14.0. The fourth-order valence-electron chi connectivity index (χ4n) is 3.07. The molecule has 5 heteroatoms. The summed E-state index contributed by atoms with van der Waals surface area (Å²) in [6.07, 6.45) is 6.65. The van der Waals surface area contributed by atoms with Gasteiger partial charge in [0, 0.05) is 11.3 Å². The van der Waals surface area contributed by atoms with Gasteiger partial charge >= 0.3 is 0 Å². The van der Waals surface area contributed by atoms with Crippen LogP contribution in [0.4, 0.5) is 0 Å². The SMILES string of the molecule is BrCOc1ccc(-c2ncc3[nH]c4c(c3n2)CCCC4)cc1. The number of nitrogens with one attached hydrogen (secondary N) is 1. The molecular formula is C17H16BrN3O. The van der Waals surface area contributed by atoms with Crippen molar-refractivity contribution in [3.63, 3.8) is 0 Å². The fraction of sp³-hybridized carbons (Fsp3) is 0.294. The van der Waals surface area contributed by atoms with Crippen molar-refractivity contribution in [1.82, 2.24) is 15.0 Å². The molecule has 1 N–H and O–H groups in total. The lowest BCUT2D eigenvalue weighted by molar-refractivity contribution is 0.398. The smallest absolute Gasteiger partial charge is 0.159 e. The summed E-state index contributed by atoms with van der Waals surface area (Å²) in [6.45, 7) is 0. The molecule has 0 aliphatic heterocycles. The molecular weight excluding hydrogens is 342 g/mol. The van der Waals surface area contributed by atoms with Gasteiger partial charge in [-0.15, -0.1) is 0 Å². The Labute approximate surface area is 137 Å². The molecule has 2 aromatic heterocycles. The van der Waals surface area contributed by atoms with Gasteiger partial charge in [0.15, 0.2) is 5.82 Å². The van der Waals surface area contributed by atoms with E-state index in [2.05, 4.69) is 25.9 Å². The van der Waals surface area contributed by atoms with E-state index in [1.165, 1.54) is 24.1 Å². The Morgan fingerprint density at radius 2 is 1.95 bits per heavy atom. The average molecular weight is 358 g/mol. The number of aromatic amines is 1. The summed E-state index contributed by atoms with van der Waals surface area (Å²) in [5.41, 5.74) is 6.35. The minimum atomic E-state index is 0.490. The van der Waals surface area contributed by atoms with Gasteiger partial charge < -0.3 is 9.72 Å². The van der Waals surface area contributed by atoms with Crippen molar-refractivity contribution in [2.45, 2.75) is 25.7 Å². The van der Waals surface area contributed by atoms with Gasteiger partial charge in [-0.25, -0.2) is 9.97 Å². The average Bonchev–Trinajstić information content (AvgIpc) is 2.94. The molecule has 0 unspecified atom stereocenters. The van der Waals surface area contributed by atoms with Crippen LogP contribution in [0.15, 0.2) is 30.5 Å². The van der Waals surface area contributed by atoms with Gasteiger partial charge in [-0.05, 0) is 71.4 Å². The van der Waals surface area contributed by atoms with Crippen LogP contribution in [-0.2, 0) is 12.8 Å². The molecule has 0 fully saturated rings. The molecule has 0 bridgehead atoms. The summed E-state index contributed by atoms with van der Waals surface area (Å²) < 4.78 is 5.40. The summed E-state index contributed by atoms with van der Waals surface area (Å²) in [4.78, 5) is 12.8. The first-order valence-corrected chi connectivity index (χ1v) is 8.63. The number of rotatable bonds is 3. The molecule has 0 spiro atoms. The number of alkyl halides is 1. The van der Waals surface area contributed by atoms with Crippen molar-refractivity contribution < 1.29 is 4.74 Å². The number of fused-ring (bicyclic) bond motifs is 3. The van der Waals surface area contributed by atoms with Crippen LogP contribution in [-0.4, -0.2) is 20.5 Å². The van der Waals surface area contributed by atoms with Crippen LogP contribution in [0.25, 0.3) is 22.4 Å². The van der Waals surface area contributed by atoms with Crippen molar-refractivity contribution in [3.8, 4) is 17.1 Å². The Bertz CT molecular complexity index is 811. The third kappa shape index (κ3) is 2.39. The maximum absolute atomic E-state index is 5.40. The van der Waals surface area contributed by atoms with Crippen LogP contribution in [0.3, 0.4) is 0 Å². The predicted octanol–water partition coefficient (Wildman–Crippen LogP) is 4.23. The van der Waals surface area contributed by atoms with E-state index in [4.69, 9.17) is 9.72 Å². The first-order chi connectivity index (χ1) is 10.8. The van der Waals surface area contributed by atoms with Crippen molar-refractivity contribution in [2.24, 2.45) is 0 Å². The molecule has 4 rings (SSSR count). The lowest BCUT2D eigenvalue weighted by Gasteiger charge is -2.10.